The Hall–Kier alpha value is -3.12. The van der Waals surface area contributed by atoms with Gasteiger partial charge in [0.2, 0.25) is 5.91 Å². The Balaban J connectivity index is 1.79. The van der Waals surface area contributed by atoms with E-state index in [0.29, 0.717) is 10.8 Å². The summed E-state index contributed by atoms with van der Waals surface area (Å²) in [5, 5.41) is 12.5. The van der Waals surface area contributed by atoms with Gasteiger partial charge in [-0.2, -0.15) is 0 Å². The minimum Gasteiger partial charge on any atom is -0.478 e. The Labute approximate surface area is 154 Å². The Morgan fingerprint density at radius 3 is 2.62 bits per heavy atom. The van der Waals surface area contributed by atoms with Crippen LogP contribution in [0.1, 0.15) is 34.0 Å². The molecule has 2 N–H and O–H groups in total. The summed E-state index contributed by atoms with van der Waals surface area (Å²) in [5.41, 5.74) is 2.50. The van der Waals surface area contributed by atoms with Crippen molar-refractivity contribution in [3.05, 3.63) is 76.7 Å². The van der Waals surface area contributed by atoms with E-state index in [1.165, 1.54) is 12.1 Å². The molecule has 0 aliphatic carbocycles. The summed E-state index contributed by atoms with van der Waals surface area (Å²) in [6.45, 7) is 0. The number of hydrogen-bond acceptors (Lipinski definition) is 3. The number of carboxylic acid groups (broad SMARTS) is 1. The minimum absolute atomic E-state index is 0.126. The van der Waals surface area contributed by atoms with Crippen LogP contribution < -0.4 is 5.32 Å². The standard InChI is InChI=1S/C19H14ClN3O3/c20-14-3-1-2-4-15(14)23-10-21-17-13(9-16(24)22-18(17)23)11-5-7-12(8-6-11)19(25)26/h1-8,10,13H,9H2,(H,22,24)(H,25,26)/t13-/m1/s1. The van der Waals surface area contributed by atoms with Crippen molar-refractivity contribution in [1.29, 1.82) is 0 Å². The molecule has 26 heavy (non-hydrogen) atoms. The molecule has 6 nitrogen and oxygen atoms in total. The van der Waals surface area contributed by atoms with E-state index in [2.05, 4.69) is 10.3 Å². The van der Waals surface area contributed by atoms with Crippen molar-refractivity contribution < 1.29 is 14.7 Å². The van der Waals surface area contributed by atoms with Crippen LogP contribution in [-0.2, 0) is 4.79 Å². The van der Waals surface area contributed by atoms with E-state index in [9.17, 15) is 9.59 Å². The zero-order chi connectivity index (χ0) is 18.3. The maximum absolute atomic E-state index is 12.3. The number of rotatable bonds is 3. The number of para-hydroxylation sites is 1. The number of carbonyl (C=O) groups is 2. The number of carboxylic acids is 1. The smallest absolute Gasteiger partial charge is 0.335 e. The van der Waals surface area contributed by atoms with Gasteiger partial charge in [-0.25, -0.2) is 9.78 Å². The number of benzene rings is 2. The molecular weight excluding hydrogens is 354 g/mol. The van der Waals surface area contributed by atoms with Crippen LogP contribution in [0, 0.1) is 0 Å². The number of imidazole rings is 1. The highest BCUT2D eigenvalue weighted by Crippen LogP contribution is 2.38. The number of nitrogens with one attached hydrogen (secondary N) is 1. The van der Waals surface area contributed by atoms with Crippen LogP contribution >= 0.6 is 11.6 Å². The summed E-state index contributed by atoms with van der Waals surface area (Å²) in [5.74, 6) is -0.771. The van der Waals surface area contributed by atoms with Gasteiger partial charge in [-0.15, -0.1) is 0 Å². The molecule has 130 valence electrons. The molecule has 0 spiro atoms. The number of amides is 1. The molecule has 2 heterocycles. The van der Waals surface area contributed by atoms with E-state index in [-0.39, 0.29) is 23.8 Å². The summed E-state index contributed by atoms with van der Waals surface area (Å²) in [7, 11) is 0. The Bertz CT molecular complexity index is 1010. The average molecular weight is 368 g/mol. The van der Waals surface area contributed by atoms with Gasteiger partial charge in [0, 0.05) is 12.3 Å². The first-order chi connectivity index (χ1) is 12.5. The number of halogens is 1. The molecule has 1 aliphatic rings. The van der Waals surface area contributed by atoms with Gasteiger partial charge in [0.1, 0.15) is 12.1 Å². The monoisotopic (exact) mass is 367 g/mol. The Kier molecular flexibility index (Phi) is 3.97. The summed E-state index contributed by atoms with van der Waals surface area (Å²) >= 11 is 6.28. The fraction of sp³-hybridized carbons (Fsp3) is 0.105. The molecule has 0 radical (unpaired) electrons. The molecule has 1 aliphatic heterocycles. The van der Waals surface area contributed by atoms with Gasteiger partial charge in [-0.05, 0) is 29.8 Å². The average Bonchev–Trinajstić information content (AvgIpc) is 3.05. The third-order valence-electron chi connectivity index (χ3n) is 4.45. The molecule has 1 amide bonds. The SMILES string of the molecule is O=C1C[C@H](c2ccc(C(=O)O)cc2)c2ncn(-c3ccccc3Cl)c2N1. The molecule has 0 bridgehead atoms. The molecule has 7 heteroatoms. The fourth-order valence-corrected chi connectivity index (χ4v) is 3.40. The molecule has 1 atom stereocenters. The lowest BCUT2D eigenvalue weighted by Gasteiger charge is -2.23. The van der Waals surface area contributed by atoms with E-state index < -0.39 is 5.97 Å². The highest BCUT2D eigenvalue weighted by Gasteiger charge is 2.31. The van der Waals surface area contributed by atoms with E-state index in [1.54, 1.807) is 29.1 Å². The first-order valence-electron chi connectivity index (χ1n) is 8.00. The molecule has 3 aromatic rings. The van der Waals surface area contributed by atoms with Gasteiger partial charge in [-0.1, -0.05) is 35.9 Å². The zero-order valence-corrected chi connectivity index (χ0v) is 14.3. The predicted molar refractivity (Wildman–Crippen MR) is 97.1 cm³/mol. The quantitative estimate of drug-likeness (QED) is 0.739. The van der Waals surface area contributed by atoms with Crippen molar-refractivity contribution in [2.75, 3.05) is 5.32 Å². The summed E-state index contributed by atoms with van der Waals surface area (Å²) in [6, 6.07) is 13.8. The summed E-state index contributed by atoms with van der Waals surface area (Å²) in [6.07, 6.45) is 1.88. The van der Waals surface area contributed by atoms with E-state index in [4.69, 9.17) is 16.7 Å². The molecular formula is C19H14ClN3O3. The topological polar surface area (TPSA) is 84.2 Å². The second-order valence-electron chi connectivity index (χ2n) is 6.03. The fourth-order valence-electron chi connectivity index (χ4n) is 3.17. The largest absolute Gasteiger partial charge is 0.478 e. The number of aromatic carboxylic acids is 1. The van der Waals surface area contributed by atoms with Crippen molar-refractivity contribution in [3.63, 3.8) is 0 Å². The highest BCUT2D eigenvalue weighted by molar-refractivity contribution is 6.32. The van der Waals surface area contributed by atoms with E-state index in [1.807, 2.05) is 18.2 Å². The van der Waals surface area contributed by atoms with Gasteiger partial charge >= 0.3 is 5.97 Å². The van der Waals surface area contributed by atoms with Crippen molar-refractivity contribution in [2.24, 2.45) is 0 Å². The van der Waals surface area contributed by atoms with Gasteiger partial charge in [0.05, 0.1) is 22.0 Å². The Morgan fingerprint density at radius 1 is 1.19 bits per heavy atom. The lowest BCUT2D eigenvalue weighted by atomic mass is 9.89. The van der Waals surface area contributed by atoms with Crippen LogP contribution in [0.5, 0.6) is 0 Å². The van der Waals surface area contributed by atoms with Crippen LogP contribution in [0.4, 0.5) is 5.82 Å². The van der Waals surface area contributed by atoms with Crippen LogP contribution in [0.3, 0.4) is 0 Å². The number of hydrogen-bond donors (Lipinski definition) is 2. The van der Waals surface area contributed by atoms with Crippen LogP contribution in [0.25, 0.3) is 5.69 Å². The molecule has 0 saturated carbocycles. The third-order valence-corrected chi connectivity index (χ3v) is 4.76. The Morgan fingerprint density at radius 2 is 1.92 bits per heavy atom. The molecule has 0 fully saturated rings. The predicted octanol–water partition coefficient (Wildman–Crippen LogP) is 3.70. The van der Waals surface area contributed by atoms with Crippen molar-refractivity contribution in [3.8, 4) is 5.69 Å². The lowest BCUT2D eigenvalue weighted by molar-refractivity contribution is -0.116. The number of nitrogens with zero attached hydrogens (tertiary/aromatic N) is 2. The molecule has 2 aromatic carbocycles. The summed E-state index contributed by atoms with van der Waals surface area (Å²) in [4.78, 5) is 27.8. The number of carbonyl (C=O) groups excluding carboxylic acids is 1. The normalized spacial score (nSPS) is 16.0. The highest BCUT2D eigenvalue weighted by atomic mass is 35.5. The number of fused-ring (bicyclic) bond motifs is 1. The minimum atomic E-state index is -0.985. The number of aromatic nitrogens is 2. The van der Waals surface area contributed by atoms with E-state index in [0.717, 1.165) is 16.9 Å². The number of anilines is 1. The molecule has 0 saturated heterocycles. The van der Waals surface area contributed by atoms with Gasteiger partial charge in [0.15, 0.2) is 0 Å². The molecule has 1 aromatic heterocycles. The lowest BCUT2D eigenvalue weighted by Crippen LogP contribution is -2.25. The van der Waals surface area contributed by atoms with Gasteiger partial charge < -0.3 is 10.4 Å². The zero-order valence-electron chi connectivity index (χ0n) is 13.5. The maximum Gasteiger partial charge on any atom is 0.335 e. The van der Waals surface area contributed by atoms with E-state index >= 15 is 0 Å². The van der Waals surface area contributed by atoms with Crippen LogP contribution in [0.15, 0.2) is 54.9 Å². The van der Waals surface area contributed by atoms with Gasteiger partial charge in [0.25, 0.3) is 0 Å². The maximum atomic E-state index is 12.3. The first kappa shape index (κ1) is 16.4. The van der Waals surface area contributed by atoms with Crippen LogP contribution in [-0.4, -0.2) is 26.5 Å². The second kappa shape index (κ2) is 6.31. The molecule has 0 unspecified atom stereocenters. The third kappa shape index (κ3) is 2.74. The van der Waals surface area contributed by atoms with Crippen molar-refractivity contribution >= 4 is 29.3 Å². The first-order valence-corrected chi connectivity index (χ1v) is 8.37. The summed E-state index contributed by atoms with van der Waals surface area (Å²) < 4.78 is 1.76. The second-order valence-corrected chi connectivity index (χ2v) is 6.44. The van der Waals surface area contributed by atoms with Crippen LogP contribution in [0.2, 0.25) is 5.02 Å². The van der Waals surface area contributed by atoms with Gasteiger partial charge in [-0.3, -0.25) is 9.36 Å². The van der Waals surface area contributed by atoms with Crippen molar-refractivity contribution in [1.82, 2.24) is 9.55 Å². The molecule has 4 rings (SSSR count). The van der Waals surface area contributed by atoms with Crippen molar-refractivity contribution in [2.45, 2.75) is 12.3 Å².